The molecule has 0 radical (unpaired) electrons. The molecule has 1 N–H and O–H groups in total. The molecule has 0 aliphatic heterocycles. The highest BCUT2D eigenvalue weighted by molar-refractivity contribution is 5.93. The van der Waals surface area contributed by atoms with E-state index < -0.39 is 5.97 Å². The Labute approximate surface area is 78.0 Å². The Kier molecular flexibility index (Phi) is 5.59. The Morgan fingerprint density at radius 3 is 2.54 bits per heavy atom. The summed E-state index contributed by atoms with van der Waals surface area (Å²) in [5, 5.41) is 2.36. The van der Waals surface area contributed by atoms with Gasteiger partial charge in [0.05, 0.1) is 7.11 Å². The molecule has 4 nitrogen and oxygen atoms in total. The Bertz CT molecular complexity index is 211. The minimum Gasteiger partial charge on any atom is -0.464 e. The molecular weight excluding hydrogens is 170 g/mol. The summed E-state index contributed by atoms with van der Waals surface area (Å²) in [5.41, 5.74) is -0.0106. The number of nitrogens with one attached hydrogen (secondary N) is 1. The van der Waals surface area contributed by atoms with Crippen molar-refractivity contribution in [2.24, 2.45) is 0 Å². The smallest absolute Gasteiger partial charge is 0.353 e. The number of rotatable bonds is 5. The van der Waals surface area contributed by atoms with E-state index in [1.165, 1.54) is 7.11 Å². The first-order valence-electron chi connectivity index (χ1n) is 4.18. The van der Waals surface area contributed by atoms with E-state index in [4.69, 9.17) is 0 Å². The lowest BCUT2D eigenvalue weighted by Crippen LogP contribution is -2.26. The second-order valence-electron chi connectivity index (χ2n) is 2.62. The maximum Gasteiger partial charge on any atom is 0.353 e. The zero-order valence-electron chi connectivity index (χ0n) is 8.05. The van der Waals surface area contributed by atoms with Gasteiger partial charge in [-0.1, -0.05) is 19.9 Å². The molecule has 0 fully saturated rings. The second-order valence-corrected chi connectivity index (χ2v) is 2.62. The van der Waals surface area contributed by atoms with E-state index in [2.05, 4.69) is 16.6 Å². The van der Waals surface area contributed by atoms with E-state index in [0.717, 1.165) is 12.8 Å². The molecule has 13 heavy (non-hydrogen) atoms. The fourth-order valence-corrected chi connectivity index (χ4v) is 0.742. The van der Waals surface area contributed by atoms with Gasteiger partial charge in [-0.2, -0.15) is 0 Å². The van der Waals surface area contributed by atoms with Crippen LogP contribution >= 0.6 is 0 Å². The molecule has 0 unspecified atom stereocenters. The third-order valence-electron chi connectivity index (χ3n) is 1.48. The maximum absolute atomic E-state index is 11.1. The van der Waals surface area contributed by atoms with Crippen molar-refractivity contribution in [1.82, 2.24) is 5.32 Å². The van der Waals surface area contributed by atoms with E-state index >= 15 is 0 Å². The largest absolute Gasteiger partial charge is 0.464 e. The number of carbonyl (C=O) groups is 2. The number of unbranched alkanes of at least 4 members (excludes halogenated alkanes) is 1. The monoisotopic (exact) mass is 185 g/mol. The first-order valence-corrected chi connectivity index (χ1v) is 4.18. The van der Waals surface area contributed by atoms with Gasteiger partial charge in [0.1, 0.15) is 5.70 Å². The highest BCUT2D eigenvalue weighted by Gasteiger charge is 2.09. The van der Waals surface area contributed by atoms with Gasteiger partial charge in [0.25, 0.3) is 0 Å². The van der Waals surface area contributed by atoms with Crippen molar-refractivity contribution in [3.63, 3.8) is 0 Å². The predicted octanol–water partition coefficient (Wildman–Crippen LogP) is 0.979. The second kappa shape index (κ2) is 6.22. The molecule has 0 heterocycles. The van der Waals surface area contributed by atoms with Gasteiger partial charge in [0.15, 0.2) is 0 Å². The molecule has 4 heteroatoms. The lowest BCUT2D eigenvalue weighted by Gasteiger charge is -2.05. The first kappa shape index (κ1) is 11.7. The molecular formula is C9H15NO3. The third kappa shape index (κ3) is 5.00. The zero-order chi connectivity index (χ0) is 10.3. The Morgan fingerprint density at radius 1 is 1.46 bits per heavy atom. The molecule has 0 atom stereocenters. The van der Waals surface area contributed by atoms with Crippen LogP contribution in [0.5, 0.6) is 0 Å². The standard InChI is InChI=1S/C9H15NO3/c1-4-5-6-8(11)10-7(2)9(12)13-3/h2,4-6H2,1,3H3,(H,10,11). The van der Waals surface area contributed by atoms with Crippen molar-refractivity contribution in [2.45, 2.75) is 26.2 Å². The Balaban J connectivity index is 3.78. The molecule has 0 saturated carbocycles. The van der Waals surface area contributed by atoms with Crippen molar-refractivity contribution in [3.05, 3.63) is 12.3 Å². The average molecular weight is 185 g/mol. The first-order chi connectivity index (χ1) is 6.11. The highest BCUT2D eigenvalue weighted by Crippen LogP contribution is 1.95. The highest BCUT2D eigenvalue weighted by atomic mass is 16.5. The van der Waals surface area contributed by atoms with Crippen LogP contribution in [0, 0.1) is 0 Å². The van der Waals surface area contributed by atoms with Crippen LogP contribution in [0.15, 0.2) is 12.3 Å². The molecule has 74 valence electrons. The van der Waals surface area contributed by atoms with Gasteiger partial charge < -0.3 is 10.1 Å². The number of hydrogen-bond donors (Lipinski definition) is 1. The van der Waals surface area contributed by atoms with Crippen molar-refractivity contribution < 1.29 is 14.3 Å². The normalized spacial score (nSPS) is 9.08. The Morgan fingerprint density at radius 2 is 2.08 bits per heavy atom. The number of amides is 1. The van der Waals surface area contributed by atoms with E-state index in [-0.39, 0.29) is 11.6 Å². The van der Waals surface area contributed by atoms with Gasteiger partial charge in [0.2, 0.25) is 5.91 Å². The summed E-state index contributed by atoms with van der Waals surface area (Å²) in [4.78, 5) is 21.8. The fraction of sp³-hybridized carbons (Fsp3) is 0.556. The SMILES string of the molecule is C=C(NC(=O)CCCC)C(=O)OC. The molecule has 0 bridgehead atoms. The minimum atomic E-state index is -0.607. The van der Waals surface area contributed by atoms with Gasteiger partial charge in [0, 0.05) is 6.42 Å². The topological polar surface area (TPSA) is 55.4 Å². The van der Waals surface area contributed by atoms with Crippen molar-refractivity contribution >= 4 is 11.9 Å². The maximum atomic E-state index is 11.1. The molecule has 0 saturated heterocycles. The molecule has 1 amide bonds. The molecule has 0 aromatic rings. The zero-order valence-corrected chi connectivity index (χ0v) is 8.05. The van der Waals surface area contributed by atoms with E-state index in [0.29, 0.717) is 6.42 Å². The fourth-order valence-electron chi connectivity index (χ4n) is 0.742. The molecule has 0 aliphatic rings. The summed E-state index contributed by atoms with van der Waals surface area (Å²) in [6, 6.07) is 0. The minimum absolute atomic E-state index is 0.0106. The lowest BCUT2D eigenvalue weighted by atomic mass is 10.2. The van der Waals surface area contributed by atoms with E-state index in [1.807, 2.05) is 6.92 Å². The van der Waals surface area contributed by atoms with Crippen LogP contribution in [0.4, 0.5) is 0 Å². The summed E-state index contributed by atoms with van der Waals surface area (Å²) in [6.07, 6.45) is 2.16. The summed E-state index contributed by atoms with van der Waals surface area (Å²) < 4.78 is 4.36. The van der Waals surface area contributed by atoms with Crippen LogP contribution in [0.3, 0.4) is 0 Å². The van der Waals surface area contributed by atoms with Crippen LogP contribution in [0.1, 0.15) is 26.2 Å². The van der Waals surface area contributed by atoms with Crippen molar-refractivity contribution in [3.8, 4) is 0 Å². The Hall–Kier alpha value is -1.32. The van der Waals surface area contributed by atoms with Gasteiger partial charge in [-0.3, -0.25) is 4.79 Å². The van der Waals surface area contributed by atoms with Gasteiger partial charge in [-0.15, -0.1) is 0 Å². The van der Waals surface area contributed by atoms with Gasteiger partial charge in [-0.25, -0.2) is 4.79 Å². The van der Waals surface area contributed by atoms with Gasteiger partial charge in [-0.05, 0) is 6.42 Å². The van der Waals surface area contributed by atoms with E-state index in [1.54, 1.807) is 0 Å². The molecule has 0 aromatic carbocycles. The van der Waals surface area contributed by atoms with Crippen LogP contribution in [-0.4, -0.2) is 19.0 Å². The number of hydrogen-bond acceptors (Lipinski definition) is 3. The summed E-state index contributed by atoms with van der Waals surface area (Å²) in [5.74, 6) is -0.804. The molecule has 0 spiro atoms. The molecule has 0 aliphatic carbocycles. The molecule has 0 rings (SSSR count). The average Bonchev–Trinajstić information content (AvgIpc) is 2.13. The number of ether oxygens (including phenoxy) is 1. The predicted molar refractivity (Wildman–Crippen MR) is 48.8 cm³/mol. The molecule has 0 aromatic heterocycles. The van der Waals surface area contributed by atoms with Gasteiger partial charge >= 0.3 is 5.97 Å². The lowest BCUT2D eigenvalue weighted by molar-refractivity contribution is -0.137. The summed E-state index contributed by atoms with van der Waals surface area (Å²) >= 11 is 0. The summed E-state index contributed by atoms with van der Waals surface area (Å²) in [7, 11) is 1.24. The third-order valence-corrected chi connectivity index (χ3v) is 1.48. The number of carbonyl (C=O) groups excluding carboxylic acids is 2. The van der Waals surface area contributed by atoms with Crippen LogP contribution in [-0.2, 0) is 14.3 Å². The van der Waals surface area contributed by atoms with Crippen molar-refractivity contribution in [1.29, 1.82) is 0 Å². The van der Waals surface area contributed by atoms with Crippen LogP contribution in [0.25, 0.3) is 0 Å². The van der Waals surface area contributed by atoms with Crippen LogP contribution in [0.2, 0.25) is 0 Å². The van der Waals surface area contributed by atoms with E-state index in [9.17, 15) is 9.59 Å². The van der Waals surface area contributed by atoms with Crippen LogP contribution < -0.4 is 5.32 Å². The number of esters is 1. The summed E-state index contributed by atoms with van der Waals surface area (Å²) in [6.45, 7) is 5.36. The number of methoxy groups -OCH3 is 1. The van der Waals surface area contributed by atoms with Crippen molar-refractivity contribution in [2.75, 3.05) is 7.11 Å². The quantitative estimate of drug-likeness (QED) is 0.513.